The number of hydrogen-bond acceptors (Lipinski definition) is 4. The highest BCUT2D eigenvalue weighted by atomic mass is 16.5. The van der Waals surface area contributed by atoms with E-state index in [9.17, 15) is 14.7 Å². The molecule has 1 rings (SSSR count). The highest BCUT2D eigenvalue weighted by Gasteiger charge is 2.25. The summed E-state index contributed by atoms with van der Waals surface area (Å²) >= 11 is 0. The summed E-state index contributed by atoms with van der Waals surface area (Å²) in [6.07, 6.45) is 0.663. The van der Waals surface area contributed by atoms with Crippen molar-refractivity contribution in [1.29, 1.82) is 0 Å². The molecule has 0 unspecified atom stereocenters. The van der Waals surface area contributed by atoms with Gasteiger partial charge in [0, 0.05) is 6.42 Å². The number of allylic oxidation sites excluding steroid dienone is 1. The van der Waals surface area contributed by atoms with Crippen molar-refractivity contribution < 1.29 is 19.4 Å². The third-order valence-corrected chi connectivity index (χ3v) is 1.97. The highest BCUT2D eigenvalue weighted by Crippen LogP contribution is 2.16. The zero-order chi connectivity index (χ0) is 11.4. The van der Waals surface area contributed by atoms with Crippen LogP contribution in [0, 0.1) is 0 Å². The lowest BCUT2D eigenvalue weighted by atomic mass is 10.1. The molecule has 1 aliphatic rings. The predicted molar refractivity (Wildman–Crippen MR) is 53.6 cm³/mol. The number of carbonyl (C=O) groups excluding carboxylic acids is 2. The van der Waals surface area contributed by atoms with Crippen LogP contribution in [0.3, 0.4) is 0 Å². The standard InChI is InChI=1S/C10H13NO4/c1-3-15-10(14)9(6(2)12)7-4-5-8(13)11-7/h12H,3-5H2,1-2H3. The minimum atomic E-state index is -0.633. The fourth-order valence-corrected chi connectivity index (χ4v) is 1.35. The summed E-state index contributed by atoms with van der Waals surface area (Å²) < 4.78 is 4.76. The second kappa shape index (κ2) is 4.72. The minimum absolute atomic E-state index is 0.0164. The number of amides is 1. The van der Waals surface area contributed by atoms with Crippen molar-refractivity contribution in [2.45, 2.75) is 26.7 Å². The molecule has 15 heavy (non-hydrogen) atoms. The van der Waals surface area contributed by atoms with Crippen LogP contribution in [0.4, 0.5) is 0 Å². The molecule has 0 aliphatic carbocycles. The third kappa shape index (κ3) is 2.65. The van der Waals surface area contributed by atoms with Crippen molar-refractivity contribution in [1.82, 2.24) is 0 Å². The maximum Gasteiger partial charge on any atom is 0.343 e. The summed E-state index contributed by atoms with van der Waals surface area (Å²) in [4.78, 5) is 26.0. The zero-order valence-corrected chi connectivity index (χ0v) is 8.74. The summed E-state index contributed by atoms with van der Waals surface area (Å²) in [5.74, 6) is -1.07. The Morgan fingerprint density at radius 1 is 1.53 bits per heavy atom. The molecule has 1 heterocycles. The van der Waals surface area contributed by atoms with E-state index in [1.807, 2.05) is 0 Å². The average molecular weight is 211 g/mol. The smallest absolute Gasteiger partial charge is 0.343 e. The van der Waals surface area contributed by atoms with E-state index in [4.69, 9.17) is 4.74 Å². The van der Waals surface area contributed by atoms with E-state index in [2.05, 4.69) is 4.99 Å². The van der Waals surface area contributed by atoms with Gasteiger partial charge < -0.3 is 9.84 Å². The lowest BCUT2D eigenvalue weighted by molar-refractivity contribution is -0.138. The summed E-state index contributed by atoms with van der Waals surface area (Å²) in [5, 5.41) is 9.34. The van der Waals surface area contributed by atoms with Gasteiger partial charge in [0.05, 0.1) is 12.3 Å². The number of esters is 1. The van der Waals surface area contributed by atoms with Crippen molar-refractivity contribution >= 4 is 17.6 Å². The Bertz CT molecular complexity index is 350. The Morgan fingerprint density at radius 2 is 2.20 bits per heavy atom. The van der Waals surface area contributed by atoms with Crippen molar-refractivity contribution in [2.75, 3.05) is 6.61 Å². The maximum absolute atomic E-state index is 11.4. The second-order valence-corrected chi connectivity index (χ2v) is 3.13. The van der Waals surface area contributed by atoms with E-state index < -0.39 is 5.97 Å². The van der Waals surface area contributed by atoms with E-state index in [0.717, 1.165) is 0 Å². The largest absolute Gasteiger partial charge is 0.512 e. The lowest BCUT2D eigenvalue weighted by Crippen LogP contribution is -2.16. The first-order chi connectivity index (χ1) is 7.06. The quantitative estimate of drug-likeness (QED) is 0.431. The fraction of sp³-hybridized carbons (Fsp3) is 0.500. The fourth-order valence-electron chi connectivity index (χ4n) is 1.35. The summed E-state index contributed by atoms with van der Waals surface area (Å²) in [7, 11) is 0. The predicted octanol–water partition coefficient (Wildman–Crippen LogP) is 1.14. The molecule has 0 aromatic rings. The van der Waals surface area contributed by atoms with E-state index >= 15 is 0 Å². The molecule has 0 aromatic heterocycles. The molecule has 0 saturated heterocycles. The molecule has 82 valence electrons. The van der Waals surface area contributed by atoms with Gasteiger partial charge in [0.25, 0.3) is 0 Å². The van der Waals surface area contributed by atoms with Gasteiger partial charge in [-0.3, -0.25) is 4.79 Å². The molecule has 0 spiro atoms. The van der Waals surface area contributed by atoms with Gasteiger partial charge in [-0.05, 0) is 20.3 Å². The van der Waals surface area contributed by atoms with Gasteiger partial charge >= 0.3 is 5.97 Å². The SMILES string of the molecule is CCOC(=O)C(C1=NC(=O)CC1)=C(C)O. The molecule has 1 aliphatic heterocycles. The van der Waals surface area contributed by atoms with Gasteiger partial charge in [-0.25, -0.2) is 9.79 Å². The number of aliphatic hydroxyl groups excluding tert-OH is 1. The highest BCUT2D eigenvalue weighted by molar-refractivity contribution is 6.24. The van der Waals surface area contributed by atoms with Gasteiger partial charge in [-0.15, -0.1) is 0 Å². The van der Waals surface area contributed by atoms with Crippen LogP contribution in [0.1, 0.15) is 26.7 Å². The van der Waals surface area contributed by atoms with E-state index in [0.29, 0.717) is 12.1 Å². The van der Waals surface area contributed by atoms with Gasteiger partial charge in [0.15, 0.2) is 0 Å². The number of hydrogen-bond donors (Lipinski definition) is 1. The second-order valence-electron chi connectivity index (χ2n) is 3.13. The molecule has 0 atom stereocenters. The molecule has 0 radical (unpaired) electrons. The van der Waals surface area contributed by atoms with Crippen molar-refractivity contribution in [2.24, 2.45) is 4.99 Å². The molecular weight excluding hydrogens is 198 g/mol. The van der Waals surface area contributed by atoms with Crippen molar-refractivity contribution in [3.63, 3.8) is 0 Å². The molecule has 5 nitrogen and oxygen atoms in total. The Balaban J connectivity index is 2.95. The lowest BCUT2D eigenvalue weighted by Gasteiger charge is -2.06. The van der Waals surface area contributed by atoms with Crippen LogP contribution in [-0.4, -0.2) is 29.3 Å². The van der Waals surface area contributed by atoms with Crippen LogP contribution in [0.2, 0.25) is 0 Å². The average Bonchev–Trinajstić information content (AvgIpc) is 2.51. The Labute approximate surface area is 87.5 Å². The molecule has 1 amide bonds. The van der Waals surface area contributed by atoms with Gasteiger partial charge in [-0.1, -0.05) is 0 Å². The molecule has 1 N–H and O–H groups in total. The van der Waals surface area contributed by atoms with Crippen LogP contribution < -0.4 is 0 Å². The van der Waals surface area contributed by atoms with Crippen LogP contribution in [0.15, 0.2) is 16.3 Å². The first-order valence-electron chi connectivity index (χ1n) is 4.74. The Morgan fingerprint density at radius 3 is 2.60 bits per heavy atom. The monoisotopic (exact) mass is 211 g/mol. The Hall–Kier alpha value is -1.65. The van der Waals surface area contributed by atoms with Crippen molar-refractivity contribution in [3.8, 4) is 0 Å². The van der Waals surface area contributed by atoms with Gasteiger partial charge in [-0.2, -0.15) is 0 Å². The zero-order valence-electron chi connectivity index (χ0n) is 8.74. The first-order valence-corrected chi connectivity index (χ1v) is 4.74. The van der Waals surface area contributed by atoms with E-state index in [1.165, 1.54) is 6.92 Å². The summed E-state index contributed by atoms with van der Waals surface area (Å²) in [6.45, 7) is 3.26. The van der Waals surface area contributed by atoms with Crippen LogP contribution in [-0.2, 0) is 14.3 Å². The number of ether oxygens (including phenoxy) is 1. The van der Waals surface area contributed by atoms with Gasteiger partial charge in [0.2, 0.25) is 5.91 Å². The maximum atomic E-state index is 11.4. The number of aliphatic hydroxyl groups is 1. The number of aliphatic imine (C=N–C) groups is 1. The summed E-state index contributed by atoms with van der Waals surface area (Å²) in [6, 6.07) is 0. The van der Waals surface area contributed by atoms with Crippen LogP contribution >= 0.6 is 0 Å². The first kappa shape index (κ1) is 11.4. The number of carbonyl (C=O) groups is 2. The molecule has 0 fully saturated rings. The third-order valence-electron chi connectivity index (χ3n) is 1.97. The molecule has 0 bridgehead atoms. The normalized spacial score (nSPS) is 17.2. The van der Waals surface area contributed by atoms with E-state index in [-0.39, 0.29) is 30.3 Å². The molecule has 0 saturated carbocycles. The van der Waals surface area contributed by atoms with Crippen LogP contribution in [0.5, 0.6) is 0 Å². The number of nitrogens with zero attached hydrogens (tertiary/aromatic N) is 1. The van der Waals surface area contributed by atoms with E-state index in [1.54, 1.807) is 6.92 Å². The Kier molecular flexibility index (Phi) is 3.60. The molecular formula is C10H13NO4. The topological polar surface area (TPSA) is 76.0 Å². The molecule has 0 aromatic carbocycles. The van der Waals surface area contributed by atoms with Crippen LogP contribution in [0.25, 0.3) is 0 Å². The summed E-state index contributed by atoms with van der Waals surface area (Å²) in [5.41, 5.74) is 0.334. The minimum Gasteiger partial charge on any atom is -0.512 e. The van der Waals surface area contributed by atoms with Gasteiger partial charge in [0.1, 0.15) is 11.3 Å². The number of rotatable bonds is 3. The molecule has 5 heteroatoms. The van der Waals surface area contributed by atoms with Crippen molar-refractivity contribution in [3.05, 3.63) is 11.3 Å².